The maximum absolute atomic E-state index is 12.4. The molecule has 4 nitrogen and oxygen atoms in total. The number of aromatic nitrogens is 1. The SMILES string of the molecule is CNc1nc(C(F)(F)F)ccc1/C=C/C(=O)OC. The first-order valence-corrected chi connectivity index (χ1v) is 4.90. The van der Waals surface area contributed by atoms with Gasteiger partial charge in [0, 0.05) is 18.7 Å². The monoisotopic (exact) mass is 260 g/mol. The molecule has 18 heavy (non-hydrogen) atoms. The highest BCUT2D eigenvalue weighted by Gasteiger charge is 2.32. The number of carbonyl (C=O) groups excluding carboxylic acids is 1. The van der Waals surface area contributed by atoms with Crippen molar-refractivity contribution in [1.82, 2.24) is 4.98 Å². The van der Waals surface area contributed by atoms with Crippen molar-refractivity contribution in [1.29, 1.82) is 0 Å². The molecule has 0 fully saturated rings. The molecule has 0 aliphatic carbocycles. The second-order valence-corrected chi connectivity index (χ2v) is 3.24. The minimum absolute atomic E-state index is 0.0324. The van der Waals surface area contributed by atoms with Crippen LogP contribution in [0.15, 0.2) is 18.2 Å². The van der Waals surface area contributed by atoms with E-state index in [1.807, 2.05) is 0 Å². The van der Waals surface area contributed by atoms with E-state index in [0.717, 1.165) is 12.1 Å². The van der Waals surface area contributed by atoms with Crippen molar-refractivity contribution in [2.75, 3.05) is 19.5 Å². The lowest BCUT2D eigenvalue weighted by molar-refractivity contribution is -0.141. The fourth-order valence-corrected chi connectivity index (χ4v) is 1.19. The second kappa shape index (κ2) is 5.52. The van der Waals surface area contributed by atoms with Gasteiger partial charge in [-0.2, -0.15) is 13.2 Å². The Morgan fingerprint density at radius 2 is 2.11 bits per heavy atom. The zero-order valence-electron chi connectivity index (χ0n) is 9.71. The normalized spacial score (nSPS) is 11.6. The molecule has 98 valence electrons. The summed E-state index contributed by atoms with van der Waals surface area (Å²) in [7, 11) is 2.65. The minimum Gasteiger partial charge on any atom is -0.466 e. The van der Waals surface area contributed by atoms with Crippen LogP contribution in [0, 0.1) is 0 Å². The van der Waals surface area contributed by atoms with Gasteiger partial charge in [-0.25, -0.2) is 9.78 Å². The largest absolute Gasteiger partial charge is 0.466 e. The number of methoxy groups -OCH3 is 1. The maximum atomic E-state index is 12.4. The molecule has 1 N–H and O–H groups in total. The Bertz CT molecular complexity index is 470. The zero-order valence-corrected chi connectivity index (χ0v) is 9.71. The van der Waals surface area contributed by atoms with E-state index in [0.29, 0.717) is 5.56 Å². The van der Waals surface area contributed by atoms with E-state index in [-0.39, 0.29) is 5.82 Å². The highest BCUT2D eigenvalue weighted by molar-refractivity contribution is 5.88. The third kappa shape index (κ3) is 3.47. The van der Waals surface area contributed by atoms with E-state index in [1.54, 1.807) is 0 Å². The van der Waals surface area contributed by atoms with Gasteiger partial charge in [-0.05, 0) is 18.2 Å². The van der Waals surface area contributed by atoms with Gasteiger partial charge >= 0.3 is 12.1 Å². The molecule has 0 unspecified atom stereocenters. The Labute approximate surface area is 101 Å². The van der Waals surface area contributed by atoms with Crippen LogP contribution in [0.5, 0.6) is 0 Å². The maximum Gasteiger partial charge on any atom is 0.433 e. The van der Waals surface area contributed by atoms with Crippen molar-refractivity contribution >= 4 is 17.9 Å². The van der Waals surface area contributed by atoms with Gasteiger partial charge in [0.25, 0.3) is 0 Å². The highest BCUT2D eigenvalue weighted by atomic mass is 19.4. The fourth-order valence-electron chi connectivity index (χ4n) is 1.19. The van der Waals surface area contributed by atoms with E-state index >= 15 is 0 Å². The first kappa shape index (κ1) is 14.0. The summed E-state index contributed by atoms with van der Waals surface area (Å²) in [5, 5.41) is 2.54. The van der Waals surface area contributed by atoms with E-state index in [2.05, 4.69) is 15.0 Å². The number of esters is 1. The van der Waals surface area contributed by atoms with Gasteiger partial charge in [0.05, 0.1) is 7.11 Å². The summed E-state index contributed by atoms with van der Waals surface area (Å²) < 4.78 is 41.6. The number of anilines is 1. The molecule has 7 heteroatoms. The molecule has 0 saturated heterocycles. The topological polar surface area (TPSA) is 51.2 Å². The number of ether oxygens (including phenoxy) is 1. The molecule has 0 spiro atoms. The summed E-state index contributed by atoms with van der Waals surface area (Å²) in [5.41, 5.74) is -0.641. The Morgan fingerprint density at radius 3 is 2.61 bits per heavy atom. The van der Waals surface area contributed by atoms with Crippen LogP contribution in [-0.4, -0.2) is 25.1 Å². The van der Waals surface area contributed by atoms with Crippen molar-refractivity contribution in [3.63, 3.8) is 0 Å². The van der Waals surface area contributed by atoms with Crippen molar-refractivity contribution in [3.05, 3.63) is 29.5 Å². The summed E-state index contributed by atoms with van der Waals surface area (Å²) in [6, 6.07) is 2.07. The second-order valence-electron chi connectivity index (χ2n) is 3.24. The van der Waals surface area contributed by atoms with Crippen LogP contribution in [-0.2, 0) is 15.7 Å². The lowest BCUT2D eigenvalue weighted by atomic mass is 10.2. The summed E-state index contributed by atoms with van der Waals surface area (Å²) in [6.45, 7) is 0. The number of hydrogen-bond donors (Lipinski definition) is 1. The smallest absolute Gasteiger partial charge is 0.433 e. The average Bonchev–Trinajstić information content (AvgIpc) is 2.34. The van der Waals surface area contributed by atoms with Crippen LogP contribution in [0.1, 0.15) is 11.3 Å². The molecule has 1 rings (SSSR count). The molecule has 0 radical (unpaired) electrons. The van der Waals surface area contributed by atoms with E-state index in [4.69, 9.17) is 0 Å². The van der Waals surface area contributed by atoms with Gasteiger partial charge in [-0.3, -0.25) is 0 Å². The number of hydrogen-bond acceptors (Lipinski definition) is 4. The molecule has 0 saturated carbocycles. The minimum atomic E-state index is -4.50. The van der Waals surface area contributed by atoms with Crippen LogP contribution >= 0.6 is 0 Å². The number of rotatable bonds is 3. The lowest BCUT2D eigenvalue weighted by Gasteiger charge is -2.09. The lowest BCUT2D eigenvalue weighted by Crippen LogP contribution is -2.10. The predicted octanol–water partition coefficient (Wildman–Crippen LogP) is 2.33. The fraction of sp³-hybridized carbons (Fsp3) is 0.273. The van der Waals surface area contributed by atoms with Crippen molar-refractivity contribution < 1.29 is 22.7 Å². The van der Waals surface area contributed by atoms with E-state index < -0.39 is 17.8 Å². The molecule has 0 bridgehead atoms. The van der Waals surface area contributed by atoms with Crippen LogP contribution in [0.4, 0.5) is 19.0 Å². The van der Waals surface area contributed by atoms with Gasteiger partial charge in [0.15, 0.2) is 0 Å². The summed E-state index contributed by atoms with van der Waals surface area (Å²) in [4.78, 5) is 14.3. The number of pyridine rings is 1. The molecule has 0 aliphatic rings. The standard InChI is InChI=1S/C11H11F3N2O2/c1-15-10-7(4-6-9(17)18-2)3-5-8(16-10)11(12,13)14/h3-6H,1-2H3,(H,15,16)/b6-4+. The zero-order chi connectivity index (χ0) is 13.8. The van der Waals surface area contributed by atoms with Gasteiger partial charge in [0.1, 0.15) is 11.5 Å². The van der Waals surface area contributed by atoms with Crippen molar-refractivity contribution in [2.24, 2.45) is 0 Å². The van der Waals surface area contributed by atoms with Gasteiger partial charge in [-0.1, -0.05) is 0 Å². The predicted molar refractivity (Wildman–Crippen MR) is 59.8 cm³/mol. The summed E-state index contributed by atoms with van der Waals surface area (Å²) in [5.74, 6) is -0.568. The first-order valence-electron chi connectivity index (χ1n) is 4.90. The molecular weight excluding hydrogens is 249 g/mol. The van der Waals surface area contributed by atoms with Crippen molar-refractivity contribution in [2.45, 2.75) is 6.18 Å². The van der Waals surface area contributed by atoms with E-state index in [1.165, 1.54) is 26.3 Å². The van der Waals surface area contributed by atoms with Gasteiger partial charge in [-0.15, -0.1) is 0 Å². The number of nitrogens with zero attached hydrogens (tertiary/aromatic N) is 1. The van der Waals surface area contributed by atoms with Crippen LogP contribution in [0.25, 0.3) is 6.08 Å². The van der Waals surface area contributed by atoms with Crippen LogP contribution in [0.2, 0.25) is 0 Å². The number of halogens is 3. The van der Waals surface area contributed by atoms with Crippen LogP contribution < -0.4 is 5.32 Å². The third-order valence-corrected chi connectivity index (χ3v) is 2.05. The Hall–Kier alpha value is -2.05. The first-order chi connectivity index (χ1) is 8.38. The molecule has 1 aromatic heterocycles. The highest BCUT2D eigenvalue weighted by Crippen LogP contribution is 2.29. The van der Waals surface area contributed by atoms with Crippen molar-refractivity contribution in [3.8, 4) is 0 Å². The Morgan fingerprint density at radius 1 is 1.44 bits per heavy atom. The Kier molecular flexibility index (Phi) is 4.30. The van der Waals surface area contributed by atoms with Crippen LogP contribution in [0.3, 0.4) is 0 Å². The average molecular weight is 260 g/mol. The number of nitrogens with one attached hydrogen (secondary N) is 1. The van der Waals surface area contributed by atoms with E-state index in [9.17, 15) is 18.0 Å². The van der Waals surface area contributed by atoms with Gasteiger partial charge < -0.3 is 10.1 Å². The molecule has 0 atom stereocenters. The quantitative estimate of drug-likeness (QED) is 0.669. The molecular formula is C11H11F3N2O2. The molecule has 0 aromatic carbocycles. The van der Waals surface area contributed by atoms with Gasteiger partial charge in [0.2, 0.25) is 0 Å². The molecule has 0 amide bonds. The number of carbonyl (C=O) groups is 1. The number of alkyl halides is 3. The molecule has 1 heterocycles. The summed E-state index contributed by atoms with van der Waals surface area (Å²) >= 11 is 0. The molecule has 0 aliphatic heterocycles. The third-order valence-electron chi connectivity index (χ3n) is 2.05. The molecule has 1 aromatic rings. The summed E-state index contributed by atoms with van der Waals surface area (Å²) in [6.07, 6.45) is -2.08. The Balaban J connectivity index is 3.08.